The van der Waals surface area contributed by atoms with Crippen LogP contribution in [0.25, 0.3) is 10.5 Å². The fourth-order valence-corrected chi connectivity index (χ4v) is 4.77. The highest BCUT2D eigenvalue weighted by Gasteiger charge is 2.66. The van der Waals surface area contributed by atoms with E-state index in [4.69, 9.17) is 9.72 Å². The van der Waals surface area contributed by atoms with Gasteiger partial charge in [-0.15, -0.1) is 0 Å². The van der Waals surface area contributed by atoms with Crippen molar-refractivity contribution in [3.8, 4) is 0 Å². The van der Waals surface area contributed by atoms with Crippen LogP contribution in [-0.4, -0.2) is 26.6 Å². The number of hydrogen-bond donors (Lipinski definition) is 1. The van der Waals surface area contributed by atoms with Gasteiger partial charge in [-0.1, -0.05) is 18.3 Å². The van der Waals surface area contributed by atoms with Gasteiger partial charge >= 0.3 is 6.09 Å². The van der Waals surface area contributed by atoms with E-state index >= 15 is 0 Å². The van der Waals surface area contributed by atoms with Gasteiger partial charge in [0.2, 0.25) is 0 Å². The number of nitrogens with zero attached hydrogens (tertiary/aromatic N) is 3. The molecule has 0 radical (unpaired) electrons. The number of thiazole rings is 1. The third-order valence-corrected chi connectivity index (χ3v) is 5.42. The maximum Gasteiger partial charge on any atom is 0.413 e. The first-order valence-corrected chi connectivity index (χ1v) is 8.62. The summed E-state index contributed by atoms with van der Waals surface area (Å²) in [7, 11) is 0. The second-order valence-electron chi connectivity index (χ2n) is 8.15. The van der Waals surface area contributed by atoms with Crippen molar-refractivity contribution in [1.29, 1.82) is 0 Å². The Kier molecular flexibility index (Phi) is 2.84. The van der Waals surface area contributed by atoms with Crippen molar-refractivity contribution in [2.75, 3.05) is 5.32 Å². The van der Waals surface area contributed by atoms with E-state index in [9.17, 15) is 4.79 Å². The summed E-state index contributed by atoms with van der Waals surface area (Å²) in [5.41, 5.74) is 1.89. The quantitative estimate of drug-likeness (QED) is 0.903. The largest absolute Gasteiger partial charge is 0.444 e. The Morgan fingerprint density at radius 2 is 2.00 bits per heavy atom. The molecule has 0 saturated heterocycles. The Bertz CT molecular complexity index is 788. The Labute approximate surface area is 138 Å². The van der Waals surface area contributed by atoms with Gasteiger partial charge in [-0.05, 0) is 45.4 Å². The molecule has 3 fully saturated rings. The molecule has 5 rings (SSSR count). The smallest absolute Gasteiger partial charge is 0.413 e. The van der Waals surface area contributed by atoms with E-state index in [0.29, 0.717) is 16.2 Å². The second kappa shape index (κ2) is 4.41. The van der Waals surface area contributed by atoms with E-state index in [1.54, 1.807) is 0 Å². The molecule has 2 aromatic heterocycles. The molecule has 23 heavy (non-hydrogen) atoms. The van der Waals surface area contributed by atoms with E-state index in [2.05, 4.69) is 22.2 Å². The van der Waals surface area contributed by atoms with Crippen molar-refractivity contribution in [3.63, 3.8) is 0 Å². The molecule has 122 valence electrons. The van der Waals surface area contributed by atoms with Crippen LogP contribution in [0.15, 0.2) is 6.20 Å². The zero-order valence-corrected chi connectivity index (χ0v) is 14.6. The summed E-state index contributed by atoms with van der Waals surface area (Å²) in [6.45, 7) is 7.80. The lowest BCUT2D eigenvalue weighted by Crippen LogP contribution is -2.63. The van der Waals surface area contributed by atoms with E-state index in [-0.39, 0.29) is 5.41 Å². The lowest BCUT2D eigenvalue weighted by Gasteiger charge is -2.69. The summed E-state index contributed by atoms with van der Waals surface area (Å²) in [5, 5.41) is 3.12. The van der Waals surface area contributed by atoms with E-state index in [1.807, 2.05) is 27.0 Å². The van der Waals surface area contributed by atoms with Crippen LogP contribution in [0.3, 0.4) is 0 Å². The lowest BCUT2D eigenvalue weighted by atomic mass is 9.35. The Balaban J connectivity index is 1.53. The number of rotatable bonds is 2. The highest BCUT2D eigenvalue weighted by molar-refractivity contribution is 7.21. The molecule has 3 aliphatic carbocycles. The molecule has 2 bridgehead atoms. The number of aromatic nitrogens is 3. The SMILES string of the molecule is CC12CC(c3cnc4nc(NC(=O)OC(C)(C)C)sc4n3)(C1)C2. The van der Waals surface area contributed by atoms with E-state index in [0.717, 1.165) is 10.5 Å². The number of nitrogens with one attached hydrogen (secondary N) is 1. The highest BCUT2D eigenvalue weighted by atomic mass is 32.1. The molecule has 2 aromatic rings. The average molecular weight is 332 g/mol. The standard InChI is InChI=1S/C16H20N4O2S/c1-14(2,3)22-13(21)20-12-19-10-11(23-12)18-9(5-17-10)16-6-15(4,7-16)8-16/h5H,6-8H2,1-4H3,(H,17,19,20,21). The van der Waals surface area contributed by atoms with Gasteiger partial charge < -0.3 is 4.74 Å². The van der Waals surface area contributed by atoms with Gasteiger partial charge in [0.15, 0.2) is 15.6 Å². The zero-order valence-electron chi connectivity index (χ0n) is 13.8. The minimum atomic E-state index is -0.537. The van der Waals surface area contributed by atoms with E-state index in [1.165, 1.54) is 30.6 Å². The van der Waals surface area contributed by atoms with Gasteiger partial charge in [0.05, 0.1) is 11.9 Å². The molecule has 2 heterocycles. The summed E-state index contributed by atoms with van der Waals surface area (Å²) in [5.74, 6) is 0. The third-order valence-electron chi connectivity index (χ3n) is 4.57. The molecular formula is C16H20N4O2S. The number of carbonyl (C=O) groups is 1. The summed E-state index contributed by atoms with van der Waals surface area (Å²) in [6, 6.07) is 0. The third kappa shape index (κ3) is 2.47. The molecule has 0 aromatic carbocycles. The second-order valence-corrected chi connectivity index (χ2v) is 9.13. The maximum absolute atomic E-state index is 11.8. The van der Waals surface area contributed by atoms with Crippen LogP contribution < -0.4 is 5.32 Å². The lowest BCUT2D eigenvalue weighted by molar-refractivity contribution is -0.128. The molecule has 6 nitrogen and oxygen atoms in total. The summed E-state index contributed by atoms with van der Waals surface area (Å²) >= 11 is 1.34. The van der Waals surface area contributed by atoms with Crippen LogP contribution in [-0.2, 0) is 10.2 Å². The average Bonchev–Trinajstić information content (AvgIpc) is 2.72. The number of ether oxygens (including phenoxy) is 1. The zero-order chi connectivity index (χ0) is 16.5. The van der Waals surface area contributed by atoms with Crippen LogP contribution in [0.1, 0.15) is 52.7 Å². The van der Waals surface area contributed by atoms with Crippen LogP contribution >= 0.6 is 11.3 Å². The normalized spacial score (nSPS) is 28.9. The number of hydrogen-bond acceptors (Lipinski definition) is 6. The molecule has 1 N–H and O–H groups in total. The first-order valence-electron chi connectivity index (χ1n) is 7.81. The minimum Gasteiger partial charge on any atom is -0.444 e. The number of carbonyl (C=O) groups excluding carboxylic acids is 1. The molecule has 3 saturated carbocycles. The van der Waals surface area contributed by atoms with Crippen LogP contribution in [0.4, 0.5) is 9.93 Å². The first kappa shape index (κ1) is 14.8. The molecule has 0 unspecified atom stereocenters. The van der Waals surface area contributed by atoms with Crippen molar-refractivity contribution in [2.45, 2.75) is 58.0 Å². The van der Waals surface area contributed by atoms with E-state index < -0.39 is 11.7 Å². The molecule has 1 amide bonds. The van der Waals surface area contributed by atoms with Gasteiger partial charge in [0.1, 0.15) is 5.60 Å². The molecule has 7 heteroatoms. The Morgan fingerprint density at radius 3 is 2.61 bits per heavy atom. The Morgan fingerprint density at radius 1 is 1.30 bits per heavy atom. The van der Waals surface area contributed by atoms with Gasteiger partial charge in [0.25, 0.3) is 0 Å². The molecule has 0 atom stereocenters. The van der Waals surface area contributed by atoms with Crippen molar-refractivity contribution in [3.05, 3.63) is 11.9 Å². The topological polar surface area (TPSA) is 77.0 Å². The summed E-state index contributed by atoms with van der Waals surface area (Å²) < 4.78 is 5.24. The Hall–Kier alpha value is -1.76. The van der Waals surface area contributed by atoms with Gasteiger partial charge in [-0.25, -0.2) is 14.8 Å². The van der Waals surface area contributed by atoms with Crippen molar-refractivity contribution < 1.29 is 9.53 Å². The van der Waals surface area contributed by atoms with Gasteiger partial charge in [-0.2, -0.15) is 4.98 Å². The van der Waals surface area contributed by atoms with Crippen LogP contribution in [0.2, 0.25) is 0 Å². The minimum absolute atomic E-state index is 0.249. The fraction of sp³-hybridized carbons (Fsp3) is 0.625. The number of anilines is 1. The monoisotopic (exact) mass is 332 g/mol. The predicted molar refractivity (Wildman–Crippen MR) is 88.7 cm³/mol. The predicted octanol–water partition coefficient (Wildman–Crippen LogP) is 3.87. The molecule has 0 aliphatic heterocycles. The maximum atomic E-state index is 11.8. The highest BCUT2D eigenvalue weighted by Crippen LogP contribution is 2.73. The molecule has 0 spiro atoms. The summed E-state index contributed by atoms with van der Waals surface area (Å²) in [4.78, 5) is 26.1. The summed E-state index contributed by atoms with van der Waals surface area (Å²) in [6.07, 6.45) is 4.97. The molecule has 3 aliphatic rings. The van der Waals surface area contributed by atoms with Gasteiger partial charge in [-0.3, -0.25) is 5.32 Å². The molecular weight excluding hydrogens is 312 g/mol. The van der Waals surface area contributed by atoms with Crippen LogP contribution in [0.5, 0.6) is 0 Å². The first-order chi connectivity index (χ1) is 10.7. The van der Waals surface area contributed by atoms with Crippen molar-refractivity contribution >= 4 is 33.0 Å². The van der Waals surface area contributed by atoms with Crippen LogP contribution in [0, 0.1) is 5.41 Å². The van der Waals surface area contributed by atoms with Crippen molar-refractivity contribution in [2.24, 2.45) is 5.41 Å². The van der Waals surface area contributed by atoms with Gasteiger partial charge in [0, 0.05) is 5.41 Å². The number of amides is 1. The fourth-order valence-electron chi connectivity index (χ4n) is 3.99. The number of fused-ring (bicyclic) bond motifs is 1. The van der Waals surface area contributed by atoms with Crippen molar-refractivity contribution in [1.82, 2.24) is 15.0 Å².